The molecule has 102 valence electrons. The normalized spacial score (nSPS) is 15.3. The Morgan fingerprint density at radius 2 is 1.95 bits per heavy atom. The Bertz CT molecular complexity index is 398. The monoisotopic (exact) mass is 262 g/mol. The Morgan fingerprint density at radius 1 is 1.26 bits per heavy atom. The SMILES string of the molecule is CCOC(=O)CCc1ccc(B2OCCCO2)cc1. The molecule has 0 amide bonds. The first-order chi connectivity index (χ1) is 9.29. The van der Waals surface area contributed by atoms with E-state index in [4.69, 9.17) is 14.0 Å². The smallest absolute Gasteiger partial charge is 0.466 e. The maximum Gasteiger partial charge on any atom is 0.493 e. The fraction of sp³-hybridized carbons (Fsp3) is 0.500. The van der Waals surface area contributed by atoms with Crippen molar-refractivity contribution < 1.29 is 18.8 Å². The van der Waals surface area contributed by atoms with Crippen LogP contribution in [0.25, 0.3) is 0 Å². The first kappa shape index (κ1) is 14.1. The van der Waals surface area contributed by atoms with Crippen molar-refractivity contribution in [3.05, 3.63) is 29.8 Å². The van der Waals surface area contributed by atoms with Gasteiger partial charge in [0.2, 0.25) is 0 Å². The first-order valence-corrected chi connectivity index (χ1v) is 6.77. The van der Waals surface area contributed by atoms with Gasteiger partial charge in [-0.3, -0.25) is 4.79 Å². The summed E-state index contributed by atoms with van der Waals surface area (Å²) in [5.41, 5.74) is 2.15. The summed E-state index contributed by atoms with van der Waals surface area (Å²) < 4.78 is 16.0. The van der Waals surface area contributed by atoms with E-state index in [2.05, 4.69) is 0 Å². The molecule has 0 unspecified atom stereocenters. The number of esters is 1. The molecular weight excluding hydrogens is 243 g/mol. The van der Waals surface area contributed by atoms with Crippen molar-refractivity contribution in [1.82, 2.24) is 0 Å². The molecule has 1 heterocycles. The molecule has 0 atom stereocenters. The number of ether oxygens (including phenoxy) is 1. The number of aryl methyl sites for hydroxylation is 1. The average Bonchev–Trinajstić information content (AvgIpc) is 2.47. The maximum atomic E-state index is 11.3. The molecule has 0 bridgehead atoms. The Morgan fingerprint density at radius 3 is 2.58 bits per heavy atom. The van der Waals surface area contributed by atoms with Gasteiger partial charge in [0.05, 0.1) is 6.61 Å². The number of hydrogen-bond donors (Lipinski definition) is 0. The zero-order chi connectivity index (χ0) is 13.5. The molecule has 2 rings (SSSR count). The molecule has 0 aromatic heterocycles. The molecule has 1 aromatic rings. The lowest BCUT2D eigenvalue weighted by Gasteiger charge is -2.19. The standard InChI is InChI=1S/C14H19BO4/c1-2-17-14(16)9-6-12-4-7-13(8-5-12)15-18-10-3-11-19-15/h4-5,7-8H,2-3,6,9-11H2,1H3. The van der Waals surface area contributed by atoms with Crippen molar-refractivity contribution in [2.24, 2.45) is 0 Å². The Kier molecular flexibility index (Phi) is 5.42. The minimum Gasteiger partial charge on any atom is -0.466 e. The van der Waals surface area contributed by atoms with Crippen molar-refractivity contribution in [2.75, 3.05) is 19.8 Å². The highest BCUT2D eigenvalue weighted by molar-refractivity contribution is 6.61. The van der Waals surface area contributed by atoms with Crippen LogP contribution >= 0.6 is 0 Å². The third-order valence-electron chi connectivity index (χ3n) is 3.00. The van der Waals surface area contributed by atoms with Gasteiger partial charge < -0.3 is 14.0 Å². The summed E-state index contributed by atoms with van der Waals surface area (Å²) in [7, 11) is -0.243. The summed E-state index contributed by atoms with van der Waals surface area (Å²) in [6, 6.07) is 8.01. The van der Waals surface area contributed by atoms with Gasteiger partial charge in [-0.25, -0.2) is 0 Å². The van der Waals surface area contributed by atoms with E-state index >= 15 is 0 Å². The number of carbonyl (C=O) groups is 1. The molecule has 0 saturated carbocycles. The summed E-state index contributed by atoms with van der Waals surface area (Å²) in [4.78, 5) is 11.3. The summed E-state index contributed by atoms with van der Waals surface area (Å²) >= 11 is 0. The molecule has 0 aliphatic carbocycles. The van der Waals surface area contributed by atoms with Gasteiger partial charge in [-0.05, 0) is 30.8 Å². The van der Waals surface area contributed by atoms with Crippen molar-refractivity contribution in [1.29, 1.82) is 0 Å². The number of rotatable bonds is 5. The third-order valence-corrected chi connectivity index (χ3v) is 3.00. The van der Waals surface area contributed by atoms with E-state index in [-0.39, 0.29) is 13.1 Å². The van der Waals surface area contributed by atoms with Crippen LogP contribution in [0.2, 0.25) is 0 Å². The van der Waals surface area contributed by atoms with E-state index in [0.717, 1.165) is 30.7 Å². The van der Waals surface area contributed by atoms with Gasteiger partial charge in [-0.2, -0.15) is 0 Å². The van der Waals surface area contributed by atoms with E-state index < -0.39 is 0 Å². The fourth-order valence-electron chi connectivity index (χ4n) is 2.00. The van der Waals surface area contributed by atoms with Crippen LogP contribution < -0.4 is 5.46 Å². The van der Waals surface area contributed by atoms with Crippen LogP contribution in [0, 0.1) is 0 Å². The molecule has 0 radical (unpaired) electrons. The van der Waals surface area contributed by atoms with E-state index in [9.17, 15) is 4.79 Å². The second kappa shape index (κ2) is 7.31. The predicted octanol–water partition coefficient (Wildman–Crippen LogP) is 1.31. The van der Waals surface area contributed by atoms with Gasteiger partial charge in [0.25, 0.3) is 0 Å². The second-order valence-electron chi connectivity index (χ2n) is 4.47. The molecule has 19 heavy (non-hydrogen) atoms. The van der Waals surface area contributed by atoms with Crippen LogP contribution in [-0.4, -0.2) is 32.9 Å². The topological polar surface area (TPSA) is 44.8 Å². The number of benzene rings is 1. The van der Waals surface area contributed by atoms with Gasteiger partial charge in [0, 0.05) is 19.6 Å². The van der Waals surface area contributed by atoms with Crippen LogP contribution in [0.3, 0.4) is 0 Å². The van der Waals surface area contributed by atoms with Crippen molar-refractivity contribution in [2.45, 2.75) is 26.2 Å². The third kappa shape index (κ3) is 4.37. The van der Waals surface area contributed by atoms with Gasteiger partial charge in [0.15, 0.2) is 0 Å². The highest BCUT2D eigenvalue weighted by atomic mass is 16.6. The van der Waals surface area contributed by atoms with Crippen molar-refractivity contribution in [3.8, 4) is 0 Å². The van der Waals surface area contributed by atoms with Crippen molar-refractivity contribution >= 4 is 18.6 Å². The van der Waals surface area contributed by atoms with E-state index in [1.807, 2.05) is 31.2 Å². The minimum atomic E-state index is -0.243. The lowest BCUT2D eigenvalue weighted by atomic mass is 9.77. The lowest BCUT2D eigenvalue weighted by molar-refractivity contribution is -0.143. The van der Waals surface area contributed by atoms with Crippen LogP contribution in [0.5, 0.6) is 0 Å². The lowest BCUT2D eigenvalue weighted by Crippen LogP contribution is -2.40. The average molecular weight is 262 g/mol. The highest BCUT2D eigenvalue weighted by Crippen LogP contribution is 2.06. The molecule has 1 aliphatic heterocycles. The molecule has 0 spiro atoms. The molecule has 5 heteroatoms. The molecule has 4 nitrogen and oxygen atoms in total. The van der Waals surface area contributed by atoms with Gasteiger partial charge >= 0.3 is 13.1 Å². The Labute approximate surface area is 114 Å². The highest BCUT2D eigenvalue weighted by Gasteiger charge is 2.23. The van der Waals surface area contributed by atoms with Crippen molar-refractivity contribution in [3.63, 3.8) is 0 Å². The van der Waals surface area contributed by atoms with Gasteiger partial charge in [-0.1, -0.05) is 24.3 Å². The summed E-state index contributed by atoms with van der Waals surface area (Å²) in [5, 5.41) is 0. The molecule has 1 aromatic carbocycles. The first-order valence-electron chi connectivity index (χ1n) is 6.77. The molecule has 1 saturated heterocycles. The quantitative estimate of drug-likeness (QED) is 0.593. The van der Waals surface area contributed by atoms with E-state index in [0.29, 0.717) is 19.4 Å². The van der Waals surface area contributed by atoms with Crippen LogP contribution in [0.1, 0.15) is 25.3 Å². The van der Waals surface area contributed by atoms with Crippen LogP contribution in [-0.2, 0) is 25.3 Å². The minimum absolute atomic E-state index is 0.148. The zero-order valence-corrected chi connectivity index (χ0v) is 11.3. The maximum absolute atomic E-state index is 11.3. The fourth-order valence-corrected chi connectivity index (χ4v) is 2.00. The Hall–Kier alpha value is -1.33. The Balaban J connectivity index is 1.85. The molecule has 0 N–H and O–H groups in total. The number of carbonyl (C=O) groups excluding carboxylic acids is 1. The molecule has 1 aliphatic rings. The second-order valence-corrected chi connectivity index (χ2v) is 4.47. The van der Waals surface area contributed by atoms with Crippen LogP contribution in [0.15, 0.2) is 24.3 Å². The summed E-state index contributed by atoms with van der Waals surface area (Å²) in [6.07, 6.45) is 2.07. The summed E-state index contributed by atoms with van der Waals surface area (Å²) in [6.45, 7) is 3.75. The molecule has 1 fully saturated rings. The summed E-state index contributed by atoms with van der Waals surface area (Å²) in [5.74, 6) is -0.148. The predicted molar refractivity (Wildman–Crippen MR) is 73.3 cm³/mol. The zero-order valence-electron chi connectivity index (χ0n) is 11.3. The molecular formula is C14H19BO4. The van der Waals surface area contributed by atoms with Crippen LogP contribution in [0.4, 0.5) is 0 Å². The van der Waals surface area contributed by atoms with Gasteiger partial charge in [-0.15, -0.1) is 0 Å². The number of hydrogen-bond acceptors (Lipinski definition) is 4. The van der Waals surface area contributed by atoms with Gasteiger partial charge in [0.1, 0.15) is 0 Å². The van der Waals surface area contributed by atoms with E-state index in [1.165, 1.54) is 0 Å². The largest absolute Gasteiger partial charge is 0.493 e. The van der Waals surface area contributed by atoms with E-state index in [1.54, 1.807) is 0 Å².